The van der Waals surface area contributed by atoms with Gasteiger partial charge in [-0.25, -0.2) is 0 Å². The highest BCUT2D eigenvalue weighted by Crippen LogP contribution is 2.22. The molecule has 1 aliphatic rings. The van der Waals surface area contributed by atoms with Crippen molar-refractivity contribution >= 4 is 35.4 Å². The third-order valence-electron chi connectivity index (χ3n) is 4.37. The van der Waals surface area contributed by atoms with Gasteiger partial charge in [-0.05, 0) is 43.3 Å². The van der Waals surface area contributed by atoms with Crippen molar-refractivity contribution in [3.05, 3.63) is 70.8 Å². The second kappa shape index (κ2) is 9.62. The number of thiocarbonyl (C=S) groups is 1. The lowest BCUT2D eigenvalue weighted by molar-refractivity contribution is 0.0652. The first-order valence-electron chi connectivity index (χ1n) is 9.19. The zero-order chi connectivity index (χ0) is 20.6. The van der Waals surface area contributed by atoms with Crippen molar-refractivity contribution in [3.8, 4) is 11.8 Å². The number of hydrogen-bond donors (Lipinski definition) is 2. The molecule has 0 atom stereocenters. The van der Waals surface area contributed by atoms with Crippen LogP contribution in [0.5, 0.6) is 0 Å². The summed E-state index contributed by atoms with van der Waals surface area (Å²) in [6.07, 6.45) is 3.78. The van der Waals surface area contributed by atoms with Crippen LogP contribution in [0.15, 0.2) is 53.6 Å². The van der Waals surface area contributed by atoms with E-state index in [2.05, 4.69) is 22.4 Å². The first-order chi connectivity index (χ1) is 14.1. The predicted molar refractivity (Wildman–Crippen MR) is 116 cm³/mol. The molecule has 29 heavy (non-hydrogen) atoms. The van der Waals surface area contributed by atoms with Crippen LogP contribution in [0.2, 0.25) is 0 Å². The third kappa shape index (κ3) is 5.06. The van der Waals surface area contributed by atoms with E-state index < -0.39 is 0 Å². The number of unbranched alkanes of at least 4 members (excludes halogenated alkanes) is 2. The van der Waals surface area contributed by atoms with Gasteiger partial charge >= 0.3 is 0 Å². The second-order valence-electron chi connectivity index (χ2n) is 6.39. The summed E-state index contributed by atoms with van der Waals surface area (Å²) in [6, 6.07) is 14.5. The van der Waals surface area contributed by atoms with Gasteiger partial charge in [-0.15, -0.1) is 0 Å². The van der Waals surface area contributed by atoms with Crippen molar-refractivity contribution in [2.24, 2.45) is 10.8 Å². The van der Waals surface area contributed by atoms with E-state index >= 15 is 0 Å². The zero-order valence-electron chi connectivity index (χ0n) is 15.7. The van der Waals surface area contributed by atoms with Crippen LogP contribution < -0.4 is 11.2 Å². The molecule has 6 nitrogen and oxygen atoms in total. The van der Waals surface area contributed by atoms with Gasteiger partial charge in [0.05, 0.1) is 17.3 Å². The van der Waals surface area contributed by atoms with E-state index in [1.807, 2.05) is 24.3 Å². The number of carbonyl (C=O) groups is 2. The molecule has 2 aromatic carbocycles. The van der Waals surface area contributed by atoms with Crippen molar-refractivity contribution < 1.29 is 9.59 Å². The minimum absolute atomic E-state index is 0.0999. The van der Waals surface area contributed by atoms with Crippen LogP contribution in [0, 0.1) is 11.8 Å². The molecule has 2 amide bonds. The van der Waals surface area contributed by atoms with Crippen LogP contribution in [0.25, 0.3) is 0 Å². The number of imide groups is 1. The molecule has 0 radical (unpaired) electrons. The smallest absolute Gasteiger partial charge is 0.261 e. The molecule has 3 N–H and O–H groups in total. The lowest BCUT2D eigenvalue weighted by Gasteiger charge is -2.12. The lowest BCUT2D eigenvalue weighted by atomic mass is 10.1. The topological polar surface area (TPSA) is 87.8 Å². The van der Waals surface area contributed by atoms with Gasteiger partial charge in [-0.1, -0.05) is 42.2 Å². The van der Waals surface area contributed by atoms with Crippen LogP contribution >= 0.6 is 12.2 Å². The summed E-state index contributed by atoms with van der Waals surface area (Å²) in [5.41, 5.74) is 10.5. The minimum Gasteiger partial charge on any atom is -0.375 e. The summed E-state index contributed by atoms with van der Waals surface area (Å²) in [6.45, 7) is 0.405. The Balaban J connectivity index is 1.50. The van der Waals surface area contributed by atoms with Crippen LogP contribution in [-0.2, 0) is 0 Å². The minimum atomic E-state index is -0.213. The maximum absolute atomic E-state index is 12.3. The Labute approximate surface area is 174 Å². The molecule has 146 valence electrons. The summed E-state index contributed by atoms with van der Waals surface area (Å²) in [5.74, 6) is 5.84. The number of benzene rings is 2. The van der Waals surface area contributed by atoms with Gasteiger partial charge in [-0.2, -0.15) is 5.10 Å². The maximum Gasteiger partial charge on any atom is 0.261 e. The fourth-order valence-corrected chi connectivity index (χ4v) is 3.02. The number of amides is 2. The Bertz CT molecular complexity index is 1000. The molecule has 2 aromatic rings. The molecule has 7 heteroatoms. The van der Waals surface area contributed by atoms with Gasteiger partial charge in [0, 0.05) is 24.1 Å². The molecule has 0 aromatic heterocycles. The summed E-state index contributed by atoms with van der Waals surface area (Å²) < 4.78 is 0. The molecule has 1 aliphatic heterocycles. The van der Waals surface area contributed by atoms with Gasteiger partial charge in [0.25, 0.3) is 11.8 Å². The highest BCUT2D eigenvalue weighted by Gasteiger charge is 2.34. The average Bonchev–Trinajstić information content (AvgIpc) is 2.96. The number of nitrogens with zero attached hydrogens (tertiary/aromatic N) is 2. The second-order valence-corrected chi connectivity index (χ2v) is 6.83. The van der Waals surface area contributed by atoms with E-state index in [4.69, 9.17) is 18.0 Å². The molecular weight excluding hydrogens is 384 g/mol. The fraction of sp³-hybridized carbons (Fsp3) is 0.182. The van der Waals surface area contributed by atoms with Crippen LogP contribution in [-0.4, -0.2) is 34.6 Å². The SMILES string of the molecule is NC(=S)NN=Cc1ccccc1C#CCCCCN1C(=O)c2ccccc2C1=O. The number of hydrazone groups is 1. The van der Waals surface area contributed by atoms with Crippen LogP contribution in [0.1, 0.15) is 51.1 Å². The Morgan fingerprint density at radius 3 is 2.41 bits per heavy atom. The molecule has 3 rings (SSSR count). The van der Waals surface area contributed by atoms with Crippen molar-refractivity contribution in [2.45, 2.75) is 19.3 Å². The summed E-state index contributed by atoms with van der Waals surface area (Å²) in [5, 5.41) is 4.06. The van der Waals surface area contributed by atoms with Gasteiger partial charge in [0.1, 0.15) is 0 Å². The monoisotopic (exact) mass is 404 g/mol. The predicted octanol–water partition coefficient (Wildman–Crippen LogP) is 2.67. The lowest BCUT2D eigenvalue weighted by Crippen LogP contribution is -2.30. The fourth-order valence-electron chi connectivity index (χ4n) is 2.97. The number of carbonyl (C=O) groups excluding carboxylic acids is 2. The van der Waals surface area contributed by atoms with Gasteiger partial charge in [0.2, 0.25) is 0 Å². The molecule has 0 saturated carbocycles. The normalized spacial score (nSPS) is 12.6. The third-order valence-corrected chi connectivity index (χ3v) is 4.47. The summed E-state index contributed by atoms with van der Waals surface area (Å²) in [4.78, 5) is 26.0. The van der Waals surface area contributed by atoms with E-state index in [1.54, 1.807) is 30.5 Å². The first-order valence-corrected chi connectivity index (χ1v) is 9.60. The molecule has 1 heterocycles. The van der Waals surface area contributed by atoms with Crippen molar-refractivity contribution in [1.82, 2.24) is 10.3 Å². The van der Waals surface area contributed by atoms with Crippen molar-refractivity contribution in [2.75, 3.05) is 6.54 Å². The number of nitrogens with one attached hydrogen (secondary N) is 1. The maximum atomic E-state index is 12.3. The molecule has 0 unspecified atom stereocenters. The van der Waals surface area contributed by atoms with Crippen LogP contribution in [0.3, 0.4) is 0 Å². The van der Waals surface area contributed by atoms with Gasteiger partial charge < -0.3 is 5.73 Å². The molecule has 0 aliphatic carbocycles. The van der Waals surface area contributed by atoms with E-state index in [-0.39, 0.29) is 16.9 Å². The highest BCUT2D eigenvalue weighted by atomic mass is 32.1. The van der Waals surface area contributed by atoms with Crippen molar-refractivity contribution in [1.29, 1.82) is 0 Å². The largest absolute Gasteiger partial charge is 0.375 e. The zero-order valence-corrected chi connectivity index (χ0v) is 16.5. The van der Waals surface area contributed by atoms with Crippen molar-refractivity contribution in [3.63, 3.8) is 0 Å². The molecule has 0 spiro atoms. The Hall–Kier alpha value is -3.50. The Morgan fingerprint density at radius 2 is 1.72 bits per heavy atom. The Kier molecular flexibility index (Phi) is 6.72. The average molecular weight is 404 g/mol. The van der Waals surface area contributed by atoms with Gasteiger partial charge in [0.15, 0.2) is 5.11 Å². The Morgan fingerprint density at radius 1 is 1.07 bits per heavy atom. The van der Waals surface area contributed by atoms with E-state index in [1.165, 1.54) is 4.90 Å². The number of fused-ring (bicyclic) bond motifs is 1. The number of nitrogens with two attached hydrogens (primary N) is 1. The van der Waals surface area contributed by atoms with E-state index in [0.717, 1.165) is 17.5 Å². The quantitative estimate of drug-likeness (QED) is 0.193. The highest BCUT2D eigenvalue weighted by molar-refractivity contribution is 7.80. The van der Waals surface area contributed by atoms with Gasteiger partial charge in [-0.3, -0.25) is 19.9 Å². The first kappa shape index (κ1) is 20.2. The molecular formula is C22H20N4O2S. The molecule has 0 fully saturated rings. The summed E-state index contributed by atoms with van der Waals surface area (Å²) >= 11 is 4.71. The molecule has 0 saturated heterocycles. The number of hydrogen-bond acceptors (Lipinski definition) is 4. The standard InChI is InChI=1S/C22H20N4O2S/c23-22(29)25-24-15-17-11-5-4-10-16(17)9-3-1-2-8-14-26-20(27)18-12-6-7-13-19(18)21(26)28/h4-7,10-13,15H,1-2,8,14H2,(H3,23,25,29). The molecule has 0 bridgehead atoms. The van der Waals surface area contributed by atoms with Crippen LogP contribution in [0.4, 0.5) is 0 Å². The van der Waals surface area contributed by atoms with E-state index in [9.17, 15) is 9.59 Å². The van der Waals surface area contributed by atoms with E-state index in [0.29, 0.717) is 30.5 Å². The summed E-state index contributed by atoms with van der Waals surface area (Å²) in [7, 11) is 0. The number of rotatable bonds is 6.